The van der Waals surface area contributed by atoms with Gasteiger partial charge in [-0.1, -0.05) is 194 Å². The number of rotatable bonds is 8. The third-order valence-electron chi connectivity index (χ3n) is 10.9. The Balaban J connectivity index is 0.968. The highest BCUT2D eigenvalue weighted by molar-refractivity contribution is 6.11. The molecule has 2 N–H and O–H groups in total. The minimum atomic E-state index is 1.05. The van der Waals surface area contributed by atoms with Crippen molar-refractivity contribution in [1.82, 2.24) is 0 Å². The molecule has 56 heavy (non-hydrogen) atoms. The van der Waals surface area contributed by atoms with Crippen LogP contribution in [0.1, 0.15) is 11.1 Å². The van der Waals surface area contributed by atoms with E-state index in [1.54, 1.807) is 0 Å². The van der Waals surface area contributed by atoms with E-state index in [0.29, 0.717) is 0 Å². The van der Waals surface area contributed by atoms with Gasteiger partial charge in [-0.25, -0.2) is 0 Å². The van der Waals surface area contributed by atoms with Crippen LogP contribution in [0.25, 0.3) is 77.5 Å². The maximum Gasteiger partial charge on any atom is 0.0464 e. The molecule has 0 aliphatic rings. The van der Waals surface area contributed by atoms with Gasteiger partial charge in [-0.15, -0.1) is 0 Å². The van der Waals surface area contributed by atoms with E-state index in [1.165, 1.54) is 65.3 Å². The second kappa shape index (κ2) is 14.4. The quantitative estimate of drug-likeness (QED) is 0.153. The molecule has 0 fully saturated rings. The van der Waals surface area contributed by atoms with Crippen LogP contribution in [0.5, 0.6) is 0 Å². The summed E-state index contributed by atoms with van der Waals surface area (Å²) in [5, 5.41) is 17.4. The summed E-state index contributed by atoms with van der Waals surface area (Å²) in [6.07, 6.45) is 4.41. The molecule has 10 rings (SSSR count). The predicted octanol–water partition coefficient (Wildman–Crippen LogP) is 15.3. The summed E-state index contributed by atoms with van der Waals surface area (Å²) in [5.41, 5.74) is 11.4. The second-order valence-corrected chi connectivity index (χ2v) is 14.2. The predicted molar refractivity (Wildman–Crippen MR) is 242 cm³/mol. The highest BCUT2D eigenvalue weighted by Crippen LogP contribution is 2.40. The average Bonchev–Trinajstić information content (AvgIpc) is 3.26. The molecule has 0 unspecified atom stereocenters. The fraction of sp³-hybridized carbons (Fsp3) is 0. The zero-order valence-corrected chi connectivity index (χ0v) is 30.8. The lowest BCUT2D eigenvalue weighted by Crippen LogP contribution is -1.96. The van der Waals surface area contributed by atoms with Gasteiger partial charge in [-0.2, -0.15) is 0 Å². The number of para-hydroxylation sites is 2. The third-order valence-corrected chi connectivity index (χ3v) is 10.9. The number of nitrogens with one attached hydrogen (secondary N) is 2. The van der Waals surface area contributed by atoms with E-state index in [0.717, 1.165) is 33.9 Å². The van der Waals surface area contributed by atoms with Gasteiger partial charge in [0.2, 0.25) is 0 Å². The standard InChI is InChI=1S/C54H38N2/c1-5-21-41-37(15-1)19-13-27-43(41)47-33-35-53(49-25-9-7-23-45(47)49)55-51-29-11-3-17-39(51)31-32-40-18-4-12-30-52(40)56-54-36-34-48(46-24-8-10-26-50(46)54)44-28-14-20-38-16-2-6-22-42(38)44/h1-36,55-56H. The first-order chi connectivity index (χ1) is 27.8. The van der Waals surface area contributed by atoms with Crippen LogP contribution in [0.15, 0.2) is 206 Å². The van der Waals surface area contributed by atoms with E-state index in [-0.39, 0.29) is 0 Å². The molecule has 10 aromatic rings. The molecule has 0 aliphatic carbocycles. The van der Waals surface area contributed by atoms with Crippen molar-refractivity contribution in [3.8, 4) is 22.3 Å². The molecular formula is C54H38N2. The topological polar surface area (TPSA) is 24.1 Å². The maximum atomic E-state index is 3.81. The van der Waals surface area contributed by atoms with Gasteiger partial charge in [0.05, 0.1) is 0 Å². The van der Waals surface area contributed by atoms with E-state index < -0.39 is 0 Å². The lowest BCUT2D eigenvalue weighted by Gasteiger charge is -2.17. The van der Waals surface area contributed by atoms with Crippen molar-refractivity contribution in [2.75, 3.05) is 10.6 Å². The van der Waals surface area contributed by atoms with Crippen molar-refractivity contribution in [1.29, 1.82) is 0 Å². The van der Waals surface area contributed by atoms with Crippen LogP contribution >= 0.6 is 0 Å². The summed E-state index contributed by atoms with van der Waals surface area (Å²) in [7, 11) is 0. The fourth-order valence-corrected chi connectivity index (χ4v) is 8.19. The Hall–Kier alpha value is -7.42. The first-order valence-corrected chi connectivity index (χ1v) is 19.2. The summed E-state index contributed by atoms with van der Waals surface area (Å²) in [4.78, 5) is 0. The highest BCUT2D eigenvalue weighted by atomic mass is 14.9. The zero-order valence-electron chi connectivity index (χ0n) is 30.8. The number of anilines is 4. The zero-order chi connectivity index (χ0) is 37.3. The molecule has 264 valence electrons. The van der Waals surface area contributed by atoms with Gasteiger partial charge >= 0.3 is 0 Å². The summed E-state index contributed by atoms with van der Waals surface area (Å²) in [6.45, 7) is 0. The Labute approximate surface area is 327 Å². The SMILES string of the molecule is C(=Cc1ccccc1Nc1ccc(-c2cccc3ccccc23)c2ccccc12)c1ccccc1Nc1ccc(-c2cccc3ccccc23)c2ccccc12. The van der Waals surface area contributed by atoms with Gasteiger partial charge < -0.3 is 10.6 Å². The monoisotopic (exact) mass is 714 g/mol. The van der Waals surface area contributed by atoms with Crippen LogP contribution in [-0.2, 0) is 0 Å². The molecule has 0 bridgehead atoms. The third kappa shape index (κ3) is 6.14. The molecule has 0 atom stereocenters. The molecule has 0 heterocycles. The van der Waals surface area contributed by atoms with Crippen molar-refractivity contribution in [3.63, 3.8) is 0 Å². The summed E-state index contributed by atoms with van der Waals surface area (Å²) >= 11 is 0. The van der Waals surface area contributed by atoms with Crippen molar-refractivity contribution in [2.45, 2.75) is 0 Å². The molecule has 0 spiro atoms. The van der Waals surface area contributed by atoms with E-state index in [9.17, 15) is 0 Å². The first kappa shape index (κ1) is 33.2. The molecule has 0 saturated carbocycles. The lowest BCUT2D eigenvalue weighted by molar-refractivity contribution is 1.54. The Kier molecular flexibility index (Phi) is 8.55. The van der Waals surface area contributed by atoms with E-state index in [4.69, 9.17) is 0 Å². The molecule has 0 saturated heterocycles. The smallest absolute Gasteiger partial charge is 0.0464 e. The van der Waals surface area contributed by atoms with Gasteiger partial charge in [-0.3, -0.25) is 0 Å². The van der Waals surface area contributed by atoms with E-state index in [1.807, 2.05) is 0 Å². The van der Waals surface area contributed by atoms with Gasteiger partial charge in [0.25, 0.3) is 0 Å². The maximum absolute atomic E-state index is 3.81. The molecule has 0 aliphatic heterocycles. The Morgan fingerprint density at radius 3 is 1.04 bits per heavy atom. The van der Waals surface area contributed by atoms with E-state index in [2.05, 4.69) is 229 Å². The normalized spacial score (nSPS) is 11.5. The van der Waals surface area contributed by atoms with Crippen LogP contribution in [0, 0.1) is 0 Å². The van der Waals surface area contributed by atoms with Crippen LogP contribution < -0.4 is 10.6 Å². The van der Waals surface area contributed by atoms with Crippen molar-refractivity contribution in [2.24, 2.45) is 0 Å². The summed E-state index contributed by atoms with van der Waals surface area (Å²) < 4.78 is 0. The van der Waals surface area contributed by atoms with E-state index >= 15 is 0 Å². The minimum Gasteiger partial charge on any atom is -0.355 e. The Bertz CT molecular complexity index is 2880. The summed E-state index contributed by atoms with van der Waals surface area (Å²) in [6, 6.07) is 73.7. The van der Waals surface area contributed by atoms with Crippen LogP contribution in [0.4, 0.5) is 22.7 Å². The van der Waals surface area contributed by atoms with Crippen molar-refractivity contribution < 1.29 is 0 Å². The first-order valence-electron chi connectivity index (χ1n) is 19.2. The molecule has 2 nitrogen and oxygen atoms in total. The Morgan fingerprint density at radius 2 is 0.571 bits per heavy atom. The van der Waals surface area contributed by atoms with Gasteiger partial charge in [0.1, 0.15) is 0 Å². The van der Waals surface area contributed by atoms with Crippen molar-refractivity contribution >= 4 is 78.0 Å². The molecule has 0 amide bonds. The van der Waals surface area contributed by atoms with Gasteiger partial charge in [-0.05, 0) is 90.0 Å². The van der Waals surface area contributed by atoms with Crippen LogP contribution in [-0.4, -0.2) is 0 Å². The molecule has 10 aromatic carbocycles. The molecule has 0 radical (unpaired) electrons. The number of benzene rings is 10. The van der Waals surface area contributed by atoms with Gasteiger partial charge in [0.15, 0.2) is 0 Å². The molecule has 0 aromatic heterocycles. The molecule has 2 heteroatoms. The van der Waals surface area contributed by atoms with Gasteiger partial charge in [0, 0.05) is 33.5 Å². The largest absolute Gasteiger partial charge is 0.355 e. The number of fused-ring (bicyclic) bond motifs is 4. The number of hydrogen-bond donors (Lipinski definition) is 2. The average molecular weight is 715 g/mol. The number of hydrogen-bond acceptors (Lipinski definition) is 2. The molecular weight excluding hydrogens is 677 g/mol. The highest BCUT2D eigenvalue weighted by Gasteiger charge is 2.13. The van der Waals surface area contributed by atoms with Crippen molar-refractivity contribution in [3.05, 3.63) is 217 Å². The van der Waals surface area contributed by atoms with Crippen LogP contribution in [0.2, 0.25) is 0 Å². The minimum absolute atomic E-state index is 1.05. The van der Waals surface area contributed by atoms with Crippen LogP contribution in [0.3, 0.4) is 0 Å². The lowest BCUT2D eigenvalue weighted by atomic mass is 9.93. The summed E-state index contributed by atoms with van der Waals surface area (Å²) in [5.74, 6) is 0. The Morgan fingerprint density at radius 1 is 0.232 bits per heavy atom. The second-order valence-electron chi connectivity index (χ2n) is 14.2. The fourth-order valence-electron chi connectivity index (χ4n) is 8.19.